The number of imidazole rings is 2. The van der Waals surface area contributed by atoms with Crippen LogP contribution in [0.3, 0.4) is 0 Å². The number of aromatic nitrogens is 6. The quantitative estimate of drug-likeness (QED) is 0.398. The minimum absolute atomic E-state index is 0.0431. The van der Waals surface area contributed by atoms with Crippen LogP contribution in [-0.4, -0.2) is 35.7 Å². The van der Waals surface area contributed by atoms with Crippen molar-refractivity contribution < 1.29 is 9.13 Å². The molecule has 0 amide bonds. The van der Waals surface area contributed by atoms with Crippen LogP contribution in [0.2, 0.25) is 5.02 Å². The summed E-state index contributed by atoms with van der Waals surface area (Å²) >= 11 is 6.39. The normalized spacial score (nSPS) is 15.4. The van der Waals surface area contributed by atoms with E-state index in [0.717, 1.165) is 0 Å². The topological polar surface area (TPSA) is 95.0 Å². The lowest BCUT2D eigenvalue weighted by atomic mass is 10.00. The van der Waals surface area contributed by atoms with Gasteiger partial charge in [0, 0.05) is 17.0 Å². The number of hydrogen-bond acceptors (Lipinski definition) is 5. The maximum atomic E-state index is 14.4. The lowest BCUT2D eigenvalue weighted by Gasteiger charge is -2.27. The lowest BCUT2D eigenvalue weighted by molar-refractivity contribution is 0.244. The molecule has 0 bridgehead atoms. The number of aromatic amines is 1. The average molecular weight is 462 g/mol. The molecule has 1 unspecified atom stereocenters. The van der Waals surface area contributed by atoms with Crippen molar-refractivity contribution >= 4 is 39.5 Å². The highest BCUT2D eigenvalue weighted by Crippen LogP contribution is 2.41. The van der Waals surface area contributed by atoms with Gasteiger partial charge < -0.3 is 9.72 Å². The van der Waals surface area contributed by atoms with Crippen molar-refractivity contribution in [2.24, 2.45) is 0 Å². The van der Waals surface area contributed by atoms with Crippen molar-refractivity contribution in [2.45, 2.75) is 12.5 Å². The number of H-pyrrole nitrogens is 1. The van der Waals surface area contributed by atoms with Gasteiger partial charge in [-0.15, -0.1) is 0 Å². The Morgan fingerprint density at radius 3 is 3.00 bits per heavy atom. The van der Waals surface area contributed by atoms with E-state index in [9.17, 15) is 9.18 Å². The highest BCUT2D eigenvalue weighted by Gasteiger charge is 2.31. The Labute approximate surface area is 189 Å². The first-order valence-corrected chi connectivity index (χ1v) is 10.4. The lowest BCUT2D eigenvalue weighted by Crippen LogP contribution is -2.28. The molecular weight excluding hydrogens is 449 g/mol. The first-order chi connectivity index (χ1) is 16.0. The molecule has 6 rings (SSSR count). The van der Waals surface area contributed by atoms with Gasteiger partial charge >= 0.3 is 5.69 Å². The van der Waals surface area contributed by atoms with E-state index in [1.54, 1.807) is 29.1 Å². The highest BCUT2D eigenvalue weighted by molar-refractivity contribution is 6.31. The second-order valence-corrected chi connectivity index (χ2v) is 7.94. The molecule has 11 heteroatoms. The fourth-order valence-electron chi connectivity index (χ4n) is 4.22. The molecule has 2 aromatic carbocycles. The minimum Gasteiger partial charge on any atom is -0.490 e. The van der Waals surface area contributed by atoms with Crippen LogP contribution in [0.25, 0.3) is 33.0 Å². The van der Waals surface area contributed by atoms with E-state index in [1.807, 2.05) is 0 Å². The summed E-state index contributed by atoms with van der Waals surface area (Å²) in [4.78, 5) is 32.5. The van der Waals surface area contributed by atoms with E-state index in [1.165, 1.54) is 22.9 Å². The molecule has 0 radical (unpaired) electrons. The number of ether oxygens (including phenoxy) is 1. The molecular formula is C22H13ClFN7O2. The van der Waals surface area contributed by atoms with Gasteiger partial charge in [-0.3, -0.25) is 9.13 Å². The van der Waals surface area contributed by atoms with Crippen LogP contribution in [0.4, 0.5) is 10.1 Å². The minimum atomic E-state index is -0.575. The highest BCUT2D eigenvalue weighted by atomic mass is 35.5. The van der Waals surface area contributed by atoms with Gasteiger partial charge in [0.15, 0.2) is 22.9 Å². The van der Waals surface area contributed by atoms with Crippen LogP contribution in [0.1, 0.15) is 18.0 Å². The smallest absolute Gasteiger partial charge is 0.328 e. The van der Waals surface area contributed by atoms with E-state index in [4.69, 9.17) is 22.9 Å². The second-order valence-electron chi connectivity index (χ2n) is 7.53. The van der Waals surface area contributed by atoms with Crippen molar-refractivity contribution in [1.82, 2.24) is 29.1 Å². The number of nitrogens with one attached hydrogen (secondary N) is 1. The van der Waals surface area contributed by atoms with E-state index in [2.05, 4.69) is 24.8 Å². The van der Waals surface area contributed by atoms with Crippen molar-refractivity contribution in [3.05, 3.63) is 81.2 Å². The van der Waals surface area contributed by atoms with Crippen molar-refractivity contribution in [2.75, 3.05) is 6.61 Å². The van der Waals surface area contributed by atoms with Crippen LogP contribution < -0.4 is 10.4 Å². The molecule has 5 aromatic rings. The number of rotatable bonds is 2. The number of fused-ring (bicyclic) bond motifs is 3. The van der Waals surface area contributed by atoms with Crippen LogP contribution in [0.15, 0.2) is 47.7 Å². The fourth-order valence-corrected chi connectivity index (χ4v) is 4.49. The van der Waals surface area contributed by atoms with E-state index < -0.39 is 17.5 Å². The molecule has 0 spiro atoms. The number of halogens is 2. The van der Waals surface area contributed by atoms with Gasteiger partial charge in [-0.2, -0.15) is 4.98 Å². The molecule has 162 valence electrons. The Balaban J connectivity index is 1.57. The number of benzene rings is 2. The predicted molar refractivity (Wildman–Crippen MR) is 119 cm³/mol. The molecule has 3 aromatic heterocycles. The standard InChI is InChI=1S/C22H13ClFN7O2/c1-25-11-2-5-14-17(8-11)30(10-27-14)21-26-9-15-20(29-21)31(22(32)28-15)16-6-7-33-19-13(24)4-3-12(23)18(16)19/h2-5,8-10,16H,6-7H2,(H,28,32). The summed E-state index contributed by atoms with van der Waals surface area (Å²) in [5, 5.41) is 0.305. The average Bonchev–Trinajstić information content (AvgIpc) is 3.40. The van der Waals surface area contributed by atoms with Gasteiger partial charge in [-0.05, 0) is 24.3 Å². The van der Waals surface area contributed by atoms with Crippen LogP contribution >= 0.6 is 11.6 Å². The van der Waals surface area contributed by atoms with E-state index in [0.29, 0.717) is 44.9 Å². The Bertz CT molecular complexity index is 1680. The van der Waals surface area contributed by atoms with Crippen LogP contribution in [-0.2, 0) is 0 Å². The summed E-state index contributed by atoms with van der Waals surface area (Å²) in [5.74, 6) is -0.220. The maximum Gasteiger partial charge on any atom is 0.328 e. The van der Waals surface area contributed by atoms with Crippen LogP contribution in [0.5, 0.6) is 5.75 Å². The molecule has 1 aliphatic heterocycles. The Kier molecular flexibility index (Phi) is 4.21. The molecule has 1 atom stereocenters. The molecule has 4 heterocycles. The summed E-state index contributed by atoms with van der Waals surface area (Å²) in [6.45, 7) is 7.49. The van der Waals surface area contributed by atoms with E-state index in [-0.39, 0.29) is 18.3 Å². The van der Waals surface area contributed by atoms with Crippen molar-refractivity contribution in [3.63, 3.8) is 0 Å². The molecule has 1 N–H and O–H groups in total. The molecule has 1 aliphatic rings. The SMILES string of the molecule is [C-]#[N+]c1ccc2ncn(-c3ncc4[nH]c(=O)n(C5CCOc6c(F)ccc(Cl)c65)c4n3)c2c1. The molecule has 0 aliphatic carbocycles. The largest absolute Gasteiger partial charge is 0.490 e. The first kappa shape index (κ1) is 19.5. The summed E-state index contributed by atoms with van der Waals surface area (Å²) in [5.41, 5.74) is 2.55. The van der Waals surface area contributed by atoms with Gasteiger partial charge in [-0.25, -0.2) is 24.0 Å². The first-order valence-electron chi connectivity index (χ1n) is 9.98. The zero-order valence-electron chi connectivity index (χ0n) is 16.8. The van der Waals surface area contributed by atoms with Gasteiger partial charge in [0.25, 0.3) is 0 Å². The zero-order valence-corrected chi connectivity index (χ0v) is 17.5. The predicted octanol–water partition coefficient (Wildman–Crippen LogP) is 4.17. The molecule has 0 saturated carbocycles. The second kappa shape index (κ2) is 7.15. The molecule has 33 heavy (non-hydrogen) atoms. The number of nitrogens with zero attached hydrogens (tertiary/aromatic N) is 6. The summed E-state index contributed by atoms with van der Waals surface area (Å²) in [6.07, 6.45) is 3.48. The monoisotopic (exact) mass is 461 g/mol. The van der Waals surface area contributed by atoms with Crippen LogP contribution in [0, 0.1) is 12.4 Å². The maximum absolute atomic E-state index is 14.4. The summed E-state index contributed by atoms with van der Waals surface area (Å²) < 4.78 is 23.0. The third kappa shape index (κ3) is 2.90. The fraction of sp³-hybridized carbons (Fsp3) is 0.136. The van der Waals surface area contributed by atoms with Gasteiger partial charge in [0.2, 0.25) is 5.95 Å². The Morgan fingerprint density at radius 2 is 2.15 bits per heavy atom. The van der Waals surface area contributed by atoms with Crippen molar-refractivity contribution in [1.29, 1.82) is 0 Å². The number of hydrogen-bond donors (Lipinski definition) is 1. The molecule has 0 saturated heterocycles. The molecule has 9 nitrogen and oxygen atoms in total. The Hall–Kier alpha value is -4.23. The zero-order chi connectivity index (χ0) is 22.7. The van der Waals surface area contributed by atoms with Gasteiger partial charge in [-0.1, -0.05) is 17.7 Å². The van der Waals surface area contributed by atoms with Gasteiger partial charge in [0.1, 0.15) is 11.8 Å². The third-order valence-corrected chi connectivity index (χ3v) is 6.03. The molecule has 0 fully saturated rings. The Morgan fingerprint density at radius 1 is 1.27 bits per heavy atom. The summed E-state index contributed by atoms with van der Waals surface area (Å²) in [6, 6.07) is 7.25. The third-order valence-electron chi connectivity index (χ3n) is 5.70. The summed E-state index contributed by atoms with van der Waals surface area (Å²) in [7, 11) is 0. The van der Waals surface area contributed by atoms with Crippen molar-refractivity contribution in [3.8, 4) is 11.7 Å². The van der Waals surface area contributed by atoms with E-state index >= 15 is 0 Å². The van der Waals surface area contributed by atoms with Gasteiger partial charge in [0.05, 0.1) is 36.5 Å².